The molecule has 0 saturated carbocycles. The SMILES string of the molecule is O=C([C@@H]1CSCN1S(=O)(=O)c1ccccc1)N1CCCC1. The topological polar surface area (TPSA) is 57.7 Å². The summed E-state index contributed by atoms with van der Waals surface area (Å²) < 4.78 is 26.8. The van der Waals surface area contributed by atoms with Crippen LogP contribution in [0.25, 0.3) is 0 Å². The fourth-order valence-corrected chi connectivity index (χ4v) is 5.89. The van der Waals surface area contributed by atoms with Gasteiger partial charge in [-0.1, -0.05) is 18.2 Å². The van der Waals surface area contributed by atoms with Crippen LogP contribution in [0.15, 0.2) is 35.2 Å². The van der Waals surface area contributed by atoms with E-state index in [1.165, 1.54) is 16.1 Å². The zero-order valence-electron chi connectivity index (χ0n) is 11.6. The molecule has 0 bridgehead atoms. The Kier molecular flexibility index (Phi) is 4.24. The Bertz CT molecular complexity index is 612. The molecule has 5 nitrogen and oxygen atoms in total. The van der Waals surface area contributed by atoms with Crippen molar-refractivity contribution in [3.63, 3.8) is 0 Å². The highest BCUT2D eigenvalue weighted by molar-refractivity contribution is 8.00. The van der Waals surface area contributed by atoms with E-state index in [-0.39, 0.29) is 10.8 Å². The summed E-state index contributed by atoms with van der Waals surface area (Å²) in [5.74, 6) is 0.847. The molecule has 0 aromatic heterocycles. The van der Waals surface area contributed by atoms with E-state index in [0.29, 0.717) is 11.6 Å². The van der Waals surface area contributed by atoms with Gasteiger partial charge in [0.15, 0.2) is 0 Å². The summed E-state index contributed by atoms with van der Waals surface area (Å²) in [7, 11) is -3.60. The van der Waals surface area contributed by atoms with Crippen molar-refractivity contribution >= 4 is 27.7 Å². The van der Waals surface area contributed by atoms with Crippen molar-refractivity contribution in [3.8, 4) is 0 Å². The van der Waals surface area contributed by atoms with Crippen LogP contribution in [0.3, 0.4) is 0 Å². The number of hydrogen-bond acceptors (Lipinski definition) is 4. The standard InChI is InChI=1S/C14H18N2O3S2/c17-14(15-8-4-5-9-15)13-10-20-11-16(13)21(18,19)12-6-2-1-3-7-12/h1-3,6-7,13H,4-5,8-11H2/t13-/m0/s1. The van der Waals surface area contributed by atoms with Crippen molar-refractivity contribution < 1.29 is 13.2 Å². The number of carbonyl (C=O) groups excluding carboxylic acids is 1. The van der Waals surface area contributed by atoms with E-state index in [1.807, 2.05) is 0 Å². The van der Waals surface area contributed by atoms with Crippen LogP contribution >= 0.6 is 11.8 Å². The maximum absolute atomic E-state index is 12.7. The molecular weight excluding hydrogens is 308 g/mol. The summed E-state index contributed by atoms with van der Waals surface area (Å²) >= 11 is 1.50. The van der Waals surface area contributed by atoms with Crippen molar-refractivity contribution in [1.29, 1.82) is 0 Å². The first-order chi connectivity index (χ1) is 10.1. The van der Waals surface area contributed by atoms with Gasteiger partial charge < -0.3 is 4.90 Å². The molecule has 114 valence electrons. The minimum Gasteiger partial charge on any atom is -0.341 e. The Balaban J connectivity index is 1.85. The summed E-state index contributed by atoms with van der Waals surface area (Å²) in [5, 5.41) is 0. The molecule has 2 aliphatic rings. The monoisotopic (exact) mass is 326 g/mol. The normalized spacial score (nSPS) is 23.6. The van der Waals surface area contributed by atoms with Crippen molar-refractivity contribution in [2.75, 3.05) is 24.7 Å². The first-order valence-electron chi connectivity index (χ1n) is 7.04. The van der Waals surface area contributed by atoms with Crippen LogP contribution in [0.1, 0.15) is 12.8 Å². The molecule has 1 aromatic rings. The van der Waals surface area contributed by atoms with E-state index in [0.717, 1.165) is 25.9 Å². The number of thioether (sulfide) groups is 1. The van der Waals surface area contributed by atoms with Crippen molar-refractivity contribution in [3.05, 3.63) is 30.3 Å². The maximum atomic E-state index is 12.7. The van der Waals surface area contributed by atoms with Gasteiger partial charge >= 0.3 is 0 Å². The molecule has 0 unspecified atom stereocenters. The average molecular weight is 326 g/mol. The van der Waals surface area contributed by atoms with Gasteiger partial charge in [0.05, 0.1) is 10.8 Å². The number of nitrogens with zero attached hydrogens (tertiary/aromatic N) is 2. The lowest BCUT2D eigenvalue weighted by molar-refractivity contribution is -0.133. The molecular formula is C14H18N2O3S2. The molecule has 1 amide bonds. The molecule has 0 spiro atoms. The third-order valence-electron chi connectivity index (χ3n) is 3.89. The van der Waals surface area contributed by atoms with E-state index in [9.17, 15) is 13.2 Å². The molecule has 2 fully saturated rings. The molecule has 2 aliphatic heterocycles. The highest BCUT2D eigenvalue weighted by Gasteiger charge is 2.41. The predicted octanol–water partition coefficient (Wildman–Crippen LogP) is 1.37. The fourth-order valence-electron chi connectivity index (χ4n) is 2.73. The zero-order valence-corrected chi connectivity index (χ0v) is 13.3. The predicted molar refractivity (Wildman–Crippen MR) is 82.4 cm³/mol. The van der Waals surface area contributed by atoms with Crippen LogP contribution in [0.4, 0.5) is 0 Å². The van der Waals surface area contributed by atoms with Crippen LogP contribution in [0, 0.1) is 0 Å². The van der Waals surface area contributed by atoms with Gasteiger partial charge in [0.25, 0.3) is 0 Å². The van der Waals surface area contributed by atoms with E-state index in [1.54, 1.807) is 35.2 Å². The molecule has 0 aliphatic carbocycles. The summed E-state index contributed by atoms with van der Waals surface area (Å²) in [6.45, 7) is 1.50. The van der Waals surface area contributed by atoms with Crippen molar-refractivity contribution in [1.82, 2.24) is 9.21 Å². The molecule has 1 atom stereocenters. The smallest absolute Gasteiger partial charge is 0.244 e. The summed E-state index contributed by atoms with van der Waals surface area (Å²) in [5.41, 5.74) is 0. The maximum Gasteiger partial charge on any atom is 0.244 e. The number of carbonyl (C=O) groups is 1. The second-order valence-corrected chi connectivity index (χ2v) is 8.14. The summed E-state index contributed by atoms with van der Waals surface area (Å²) in [4.78, 5) is 14.6. The fraction of sp³-hybridized carbons (Fsp3) is 0.500. The van der Waals surface area contributed by atoms with Crippen LogP contribution in [-0.2, 0) is 14.8 Å². The van der Waals surface area contributed by atoms with Gasteiger partial charge in [-0.05, 0) is 25.0 Å². The average Bonchev–Trinajstić information content (AvgIpc) is 3.19. The van der Waals surface area contributed by atoms with Crippen molar-refractivity contribution in [2.45, 2.75) is 23.8 Å². The summed E-state index contributed by atoms with van der Waals surface area (Å²) in [6.07, 6.45) is 2.02. The van der Waals surface area contributed by atoms with E-state index < -0.39 is 16.1 Å². The van der Waals surface area contributed by atoms with Crippen LogP contribution < -0.4 is 0 Å². The third kappa shape index (κ3) is 2.82. The Morgan fingerprint density at radius 2 is 1.81 bits per heavy atom. The quantitative estimate of drug-likeness (QED) is 0.842. The van der Waals surface area contributed by atoms with E-state index in [4.69, 9.17) is 0 Å². The van der Waals surface area contributed by atoms with Gasteiger partial charge in [0.1, 0.15) is 6.04 Å². The number of benzene rings is 1. The van der Waals surface area contributed by atoms with Crippen LogP contribution in [0.2, 0.25) is 0 Å². The minimum absolute atomic E-state index is 0.0444. The molecule has 1 aromatic carbocycles. The number of sulfonamides is 1. The van der Waals surface area contributed by atoms with Gasteiger partial charge in [-0.25, -0.2) is 8.42 Å². The first kappa shape index (κ1) is 14.9. The second kappa shape index (κ2) is 5.98. The Labute approximate surface area is 129 Å². The molecule has 21 heavy (non-hydrogen) atoms. The van der Waals surface area contributed by atoms with E-state index >= 15 is 0 Å². The number of likely N-dealkylation sites (tertiary alicyclic amines) is 1. The van der Waals surface area contributed by atoms with Crippen molar-refractivity contribution in [2.24, 2.45) is 0 Å². The van der Waals surface area contributed by atoms with Gasteiger partial charge in [0, 0.05) is 18.8 Å². The molecule has 0 radical (unpaired) electrons. The third-order valence-corrected chi connectivity index (χ3v) is 6.94. The molecule has 3 rings (SSSR count). The van der Waals surface area contributed by atoms with Gasteiger partial charge in [-0.3, -0.25) is 4.79 Å². The van der Waals surface area contributed by atoms with E-state index in [2.05, 4.69) is 0 Å². The highest BCUT2D eigenvalue weighted by Crippen LogP contribution is 2.29. The Morgan fingerprint density at radius 3 is 2.48 bits per heavy atom. The highest BCUT2D eigenvalue weighted by atomic mass is 32.2. The van der Waals surface area contributed by atoms with Crippen LogP contribution in [-0.4, -0.2) is 54.3 Å². The largest absolute Gasteiger partial charge is 0.341 e. The minimum atomic E-state index is -3.60. The lowest BCUT2D eigenvalue weighted by Crippen LogP contribution is -2.48. The molecule has 2 heterocycles. The van der Waals surface area contributed by atoms with Crippen LogP contribution in [0.5, 0.6) is 0 Å². The van der Waals surface area contributed by atoms with Gasteiger partial charge in [-0.15, -0.1) is 11.8 Å². The molecule has 2 saturated heterocycles. The number of amides is 1. The lowest BCUT2D eigenvalue weighted by Gasteiger charge is -2.26. The molecule has 7 heteroatoms. The lowest BCUT2D eigenvalue weighted by atomic mass is 10.3. The first-order valence-corrected chi connectivity index (χ1v) is 9.63. The number of rotatable bonds is 3. The van der Waals surface area contributed by atoms with Gasteiger partial charge in [-0.2, -0.15) is 4.31 Å². The zero-order chi connectivity index (χ0) is 14.9. The molecule has 0 N–H and O–H groups in total. The Hall–Kier alpha value is -1.05. The number of hydrogen-bond donors (Lipinski definition) is 0. The Morgan fingerprint density at radius 1 is 1.14 bits per heavy atom. The summed E-state index contributed by atoms with van der Waals surface area (Å²) in [6, 6.07) is 7.79. The van der Waals surface area contributed by atoms with Gasteiger partial charge in [0.2, 0.25) is 15.9 Å². The second-order valence-electron chi connectivity index (χ2n) is 5.25.